The molecule has 1 heterocycles. The van der Waals surface area contributed by atoms with Crippen molar-refractivity contribution in [2.75, 3.05) is 0 Å². The summed E-state index contributed by atoms with van der Waals surface area (Å²) in [7, 11) is 0. The summed E-state index contributed by atoms with van der Waals surface area (Å²) >= 11 is 8.71. The number of carboxylic acid groups (broad SMARTS) is 1. The molecule has 0 spiro atoms. The topological polar surface area (TPSA) is 83.3 Å². The van der Waals surface area contributed by atoms with Crippen molar-refractivity contribution in [2.45, 2.75) is 0 Å². The van der Waals surface area contributed by atoms with Gasteiger partial charge in [-0.05, 0) is 42.0 Å². The highest BCUT2D eigenvalue weighted by atomic mass is 79.9. The van der Waals surface area contributed by atoms with Gasteiger partial charge in [-0.1, -0.05) is 40.2 Å². The van der Waals surface area contributed by atoms with E-state index in [0.717, 1.165) is 15.6 Å². The molecule has 0 aliphatic rings. The van der Waals surface area contributed by atoms with E-state index in [1.807, 2.05) is 24.3 Å². The van der Waals surface area contributed by atoms with E-state index in [4.69, 9.17) is 17.3 Å². The molecule has 3 aromatic rings. The third-order valence-corrected chi connectivity index (χ3v) is 4.20. The zero-order valence-corrected chi connectivity index (χ0v) is 14.6. The summed E-state index contributed by atoms with van der Waals surface area (Å²) in [5, 5.41) is 20.2. The predicted molar refractivity (Wildman–Crippen MR) is 96.9 cm³/mol. The van der Waals surface area contributed by atoms with Crippen molar-refractivity contribution in [1.29, 1.82) is 0 Å². The van der Waals surface area contributed by atoms with Crippen LogP contribution in [-0.2, 0) is 0 Å². The van der Waals surface area contributed by atoms with Crippen molar-refractivity contribution in [2.24, 2.45) is 5.10 Å². The van der Waals surface area contributed by atoms with Gasteiger partial charge >= 0.3 is 5.97 Å². The summed E-state index contributed by atoms with van der Waals surface area (Å²) in [6.07, 6.45) is 1.59. The van der Waals surface area contributed by atoms with E-state index in [-0.39, 0.29) is 5.56 Å². The van der Waals surface area contributed by atoms with Gasteiger partial charge in [0.25, 0.3) is 0 Å². The summed E-state index contributed by atoms with van der Waals surface area (Å²) in [5.74, 6) is -0.391. The number of H-pyrrole nitrogens is 1. The zero-order chi connectivity index (χ0) is 17.1. The Morgan fingerprint density at radius 2 is 1.96 bits per heavy atom. The molecule has 0 aliphatic carbocycles. The number of hydrogen-bond donors (Lipinski definition) is 2. The van der Waals surface area contributed by atoms with Crippen LogP contribution in [0, 0.1) is 4.77 Å². The molecule has 0 unspecified atom stereocenters. The fraction of sp³-hybridized carbons (Fsp3) is 0. The van der Waals surface area contributed by atoms with E-state index in [1.54, 1.807) is 18.3 Å². The molecular weight excluding hydrogens is 392 g/mol. The smallest absolute Gasteiger partial charge is 0.335 e. The maximum atomic E-state index is 10.9. The number of aromatic nitrogens is 3. The predicted octanol–water partition coefficient (Wildman–Crippen LogP) is 3.95. The number of rotatable bonds is 4. The van der Waals surface area contributed by atoms with Crippen LogP contribution >= 0.6 is 28.1 Å². The number of aromatic amines is 1. The van der Waals surface area contributed by atoms with E-state index in [1.165, 1.54) is 16.8 Å². The summed E-state index contributed by atoms with van der Waals surface area (Å²) in [6.45, 7) is 0. The average Bonchev–Trinajstić information content (AvgIpc) is 2.94. The van der Waals surface area contributed by atoms with Gasteiger partial charge < -0.3 is 5.11 Å². The Morgan fingerprint density at radius 3 is 2.62 bits per heavy atom. The molecule has 0 saturated heterocycles. The van der Waals surface area contributed by atoms with Gasteiger partial charge in [0.15, 0.2) is 5.82 Å². The third-order valence-electron chi connectivity index (χ3n) is 3.25. The van der Waals surface area contributed by atoms with E-state index in [9.17, 15) is 4.79 Å². The molecule has 2 N–H and O–H groups in total. The Labute approximate surface area is 150 Å². The standard InChI is InChI=1S/C16H11BrN4O2S/c17-13-4-2-1-3-12(13)14-19-20-16(24)21(14)18-9-10-5-7-11(8-6-10)15(22)23/h1-9H,(H,20,24)(H,22,23). The van der Waals surface area contributed by atoms with E-state index in [2.05, 4.69) is 31.2 Å². The molecular formula is C16H11BrN4O2S. The first kappa shape index (κ1) is 16.3. The second-order valence-corrected chi connectivity index (χ2v) is 6.06. The number of carbonyl (C=O) groups is 1. The first-order valence-electron chi connectivity index (χ1n) is 6.86. The SMILES string of the molecule is O=C(O)c1ccc(C=Nn2c(-c3ccccc3Br)n[nH]c2=S)cc1. The number of nitrogens with one attached hydrogen (secondary N) is 1. The molecule has 0 amide bonds. The van der Waals surface area contributed by atoms with Crippen LogP contribution in [0.15, 0.2) is 58.1 Å². The van der Waals surface area contributed by atoms with E-state index in [0.29, 0.717) is 10.6 Å². The highest BCUT2D eigenvalue weighted by Gasteiger charge is 2.10. The minimum Gasteiger partial charge on any atom is -0.478 e. The van der Waals surface area contributed by atoms with Crippen LogP contribution in [0.25, 0.3) is 11.4 Å². The van der Waals surface area contributed by atoms with Crippen LogP contribution in [0.2, 0.25) is 0 Å². The molecule has 3 rings (SSSR count). The summed E-state index contributed by atoms with van der Waals surface area (Å²) in [4.78, 5) is 10.9. The minimum atomic E-state index is -0.966. The highest BCUT2D eigenvalue weighted by molar-refractivity contribution is 9.10. The van der Waals surface area contributed by atoms with Crippen LogP contribution in [0.3, 0.4) is 0 Å². The van der Waals surface area contributed by atoms with Crippen LogP contribution in [-0.4, -0.2) is 32.2 Å². The van der Waals surface area contributed by atoms with Gasteiger partial charge in [0.1, 0.15) is 0 Å². The Morgan fingerprint density at radius 1 is 1.25 bits per heavy atom. The fourth-order valence-corrected chi connectivity index (χ4v) is 2.69. The van der Waals surface area contributed by atoms with Crippen LogP contribution < -0.4 is 0 Å². The Balaban J connectivity index is 1.96. The summed E-state index contributed by atoms with van der Waals surface area (Å²) in [5.41, 5.74) is 1.82. The minimum absolute atomic E-state index is 0.223. The Kier molecular flexibility index (Phi) is 4.68. The zero-order valence-electron chi connectivity index (χ0n) is 12.2. The number of nitrogens with zero attached hydrogens (tertiary/aromatic N) is 3. The molecule has 1 aromatic heterocycles. The lowest BCUT2D eigenvalue weighted by molar-refractivity contribution is 0.0697. The molecule has 2 aromatic carbocycles. The van der Waals surface area contributed by atoms with Gasteiger partial charge in [-0.2, -0.15) is 14.9 Å². The van der Waals surface area contributed by atoms with Crippen molar-refractivity contribution in [3.63, 3.8) is 0 Å². The normalized spacial score (nSPS) is 11.0. The summed E-state index contributed by atoms with van der Waals surface area (Å²) < 4.78 is 2.75. The van der Waals surface area contributed by atoms with Crippen molar-refractivity contribution < 1.29 is 9.90 Å². The van der Waals surface area contributed by atoms with Crippen LogP contribution in [0.4, 0.5) is 0 Å². The van der Waals surface area contributed by atoms with E-state index < -0.39 is 5.97 Å². The molecule has 0 fully saturated rings. The van der Waals surface area contributed by atoms with Crippen molar-refractivity contribution >= 4 is 40.3 Å². The lowest BCUT2D eigenvalue weighted by Crippen LogP contribution is -1.97. The largest absolute Gasteiger partial charge is 0.478 e. The molecule has 120 valence electrons. The summed E-state index contributed by atoms with van der Waals surface area (Å²) in [6, 6.07) is 14.0. The number of benzene rings is 2. The molecule has 8 heteroatoms. The maximum absolute atomic E-state index is 10.9. The number of aromatic carboxylic acids is 1. The first-order chi connectivity index (χ1) is 11.6. The first-order valence-corrected chi connectivity index (χ1v) is 8.06. The molecule has 0 radical (unpaired) electrons. The Hall–Kier alpha value is -2.58. The monoisotopic (exact) mass is 402 g/mol. The van der Waals surface area contributed by atoms with Crippen LogP contribution in [0.5, 0.6) is 0 Å². The highest BCUT2D eigenvalue weighted by Crippen LogP contribution is 2.26. The second kappa shape index (κ2) is 6.90. The molecule has 0 atom stereocenters. The van der Waals surface area contributed by atoms with E-state index >= 15 is 0 Å². The number of carboxylic acids is 1. The van der Waals surface area contributed by atoms with Crippen molar-refractivity contribution in [1.82, 2.24) is 14.9 Å². The van der Waals surface area contributed by atoms with Gasteiger partial charge in [0, 0.05) is 10.0 Å². The molecule has 0 saturated carbocycles. The number of hydrogen-bond acceptors (Lipinski definition) is 4. The molecule has 6 nitrogen and oxygen atoms in total. The quantitative estimate of drug-likeness (QED) is 0.511. The molecule has 24 heavy (non-hydrogen) atoms. The average molecular weight is 403 g/mol. The van der Waals surface area contributed by atoms with Gasteiger partial charge in [-0.25, -0.2) is 9.89 Å². The number of halogens is 1. The molecule has 0 bridgehead atoms. The van der Waals surface area contributed by atoms with Crippen LogP contribution in [0.1, 0.15) is 15.9 Å². The Bertz CT molecular complexity index is 976. The lowest BCUT2D eigenvalue weighted by atomic mass is 10.1. The van der Waals surface area contributed by atoms with Crippen molar-refractivity contribution in [3.8, 4) is 11.4 Å². The van der Waals surface area contributed by atoms with Gasteiger partial charge in [0.2, 0.25) is 4.77 Å². The lowest BCUT2D eigenvalue weighted by Gasteiger charge is -2.03. The van der Waals surface area contributed by atoms with Gasteiger partial charge in [-0.15, -0.1) is 0 Å². The second-order valence-electron chi connectivity index (χ2n) is 4.82. The van der Waals surface area contributed by atoms with Gasteiger partial charge in [-0.3, -0.25) is 0 Å². The third kappa shape index (κ3) is 3.34. The van der Waals surface area contributed by atoms with Crippen molar-refractivity contribution in [3.05, 3.63) is 68.9 Å². The van der Waals surface area contributed by atoms with Gasteiger partial charge in [0.05, 0.1) is 11.8 Å². The molecule has 0 aliphatic heterocycles. The maximum Gasteiger partial charge on any atom is 0.335 e. The fourth-order valence-electron chi connectivity index (χ4n) is 2.05.